The Hall–Kier alpha value is -0.990. The van der Waals surface area contributed by atoms with Gasteiger partial charge in [-0.05, 0) is 20.3 Å². The third-order valence-electron chi connectivity index (χ3n) is 5.09. The highest BCUT2D eigenvalue weighted by Crippen LogP contribution is 2.25. The minimum atomic E-state index is 0.256. The van der Waals surface area contributed by atoms with Gasteiger partial charge in [0.05, 0.1) is 13.2 Å². The van der Waals surface area contributed by atoms with Crippen molar-refractivity contribution in [3.05, 3.63) is 22.7 Å². The van der Waals surface area contributed by atoms with E-state index in [9.17, 15) is 5.11 Å². The number of hydrogen-bond donors (Lipinski definition) is 1. The summed E-state index contributed by atoms with van der Waals surface area (Å²) in [6, 6.07) is 0.427. The molecule has 146 valence electrons. The van der Waals surface area contributed by atoms with Crippen molar-refractivity contribution in [2.75, 3.05) is 64.0 Å². The first-order chi connectivity index (χ1) is 12.7. The summed E-state index contributed by atoms with van der Waals surface area (Å²) in [6.45, 7) is 13.1. The van der Waals surface area contributed by atoms with Crippen LogP contribution in [0.2, 0.25) is 0 Å². The molecule has 0 aliphatic carbocycles. The minimum absolute atomic E-state index is 0.256. The summed E-state index contributed by atoms with van der Waals surface area (Å²) in [7, 11) is 0. The van der Waals surface area contributed by atoms with E-state index >= 15 is 0 Å². The zero-order valence-corrected chi connectivity index (χ0v) is 16.9. The van der Waals surface area contributed by atoms with Crippen molar-refractivity contribution < 1.29 is 9.84 Å². The Balaban J connectivity index is 1.55. The molecule has 0 bridgehead atoms. The molecule has 3 rings (SSSR count). The number of morpholine rings is 1. The van der Waals surface area contributed by atoms with Crippen LogP contribution >= 0.6 is 11.3 Å². The van der Waals surface area contributed by atoms with Crippen LogP contribution in [0.15, 0.2) is 17.8 Å². The first-order valence-corrected chi connectivity index (χ1v) is 10.5. The van der Waals surface area contributed by atoms with Crippen LogP contribution in [0.4, 0.5) is 5.13 Å². The lowest BCUT2D eigenvalue weighted by Crippen LogP contribution is -2.52. The first kappa shape index (κ1) is 19.8. The summed E-state index contributed by atoms with van der Waals surface area (Å²) in [6.07, 6.45) is 5.17. The molecule has 3 heterocycles. The molecule has 2 aliphatic rings. The van der Waals surface area contributed by atoms with Gasteiger partial charge in [-0.15, -0.1) is 11.3 Å². The number of nitrogens with zero attached hydrogens (tertiary/aromatic N) is 4. The third-order valence-corrected chi connectivity index (χ3v) is 6.13. The van der Waals surface area contributed by atoms with E-state index in [2.05, 4.69) is 39.6 Å². The predicted octanol–water partition coefficient (Wildman–Crippen LogP) is 1.81. The molecule has 0 aromatic carbocycles. The quantitative estimate of drug-likeness (QED) is 0.728. The molecule has 2 saturated heterocycles. The summed E-state index contributed by atoms with van der Waals surface area (Å²) in [5, 5.41) is 10.6. The highest BCUT2D eigenvalue weighted by Gasteiger charge is 2.26. The van der Waals surface area contributed by atoms with Crippen molar-refractivity contribution in [2.24, 2.45) is 0 Å². The van der Waals surface area contributed by atoms with Crippen molar-refractivity contribution in [1.29, 1.82) is 0 Å². The molecule has 0 spiro atoms. The van der Waals surface area contributed by atoms with Gasteiger partial charge in [0.15, 0.2) is 5.13 Å². The normalized spacial score (nSPS) is 22.6. The van der Waals surface area contributed by atoms with Gasteiger partial charge in [-0.2, -0.15) is 0 Å². The maximum Gasteiger partial charge on any atom is 0.185 e. The number of thiazole rings is 1. The monoisotopic (exact) mass is 380 g/mol. The SMILES string of the molecule is CC(C)=CCN1CCN(Cc2cnc(N3CCOCC3)s2)CC1CCO. The molecular weight excluding hydrogens is 348 g/mol. The first-order valence-electron chi connectivity index (χ1n) is 9.63. The molecule has 1 N–H and O–H groups in total. The average Bonchev–Trinajstić information content (AvgIpc) is 3.10. The maximum absolute atomic E-state index is 9.45. The van der Waals surface area contributed by atoms with Gasteiger partial charge < -0.3 is 14.7 Å². The summed E-state index contributed by atoms with van der Waals surface area (Å²) >= 11 is 1.81. The van der Waals surface area contributed by atoms with Crippen molar-refractivity contribution in [3.63, 3.8) is 0 Å². The van der Waals surface area contributed by atoms with E-state index in [1.54, 1.807) is 0 Å². The molecule has 2 fully saturated rings. The lowest BCUT2D eigenvalue weighted by molar-refractivity contribution is 0.0642. The van der Waals surface area contributed by atoms with Gasteiger partial charge in [-0.1, -0.05) is 11.6 Å². The average molecular weight is 381 g/mol. The number of allylic oxidation sites excluding steroid dienone is 1. The molecule has 1 atom stereocenters. The van der Waals surface area contributed by atoms with Crippen molar-refractivity contribution in [2.45, 2.75) is 32.9 Å². The Labute approximate surface area is 161 Å². The Morgan fingerprint density at radius 2 is 2.12 bits per heavy atom. The fourth-order valence-corrected chi connectivity index (χ4v) is 4.56. The van der Waals surface area contributed by atoms with E-state index in [0.717, 1.165) is 70.6 Å². The van der Waals surface area contributed by atoms with Crippen molar-refractivity contribution in [3.8, 4) is 0 Å². The van der Waals surface area contributed by atoms with E-state index in [1.165, 1.54) is 10.5 Å². The second-order valence-corrected chi connectivity index (χ2v) is 8.48. The summed E-state index contributed by atoms with van der Waals surface area (Å²) < 4.78 is 5.43. The zero-order chi connectivity index (χ0) is 18.4. The van der Waals surface area contributed by atoms with Crippen molar-refractivity contribution >= 4 is 16.5 Å². The Bertz CT molecular complexity index is 582. The van der Waals surface area contributed by atoms with E-state index in [1.807, 2.05) is 17.5 Å². The number of aliphatic hydroxyl groups excluding tert-OH is 1. The lowest BCUT2D eigenvalue weighted by atomic mass is 10.1. The smallest absolute Gasteiger partial charge is 0.185 e. The van der Waals surface area contributed by atoms with Gasteiger partial charge >= 0.3 is 0 Å². The van der Waals surface area contributed by atoms with Gasteiger partial charge in [0.2, 0.25) is 0 Å². The van der Waals surface area contributed by atoms with Crippen LogP contribution in [0, 0.1) is 0 Å². The van der Waals surface area contributed by atoms with Crippen LogP contribution in [0.25, 0.3) is 0 Å². The number of rotatable bonds is 7. The molecule has 6 nitrogen and oxygen atoms in total. The number of ether oxygens (including phenoxy) is 1. The van der Waals surface area contributed by atoms with E-state index < -0.39 is 0 Å². The number of aliphatic hydroxyl groups is 1. The van der Waals surface area contributed by atoms with Crippen LogP contribution in [0.1, 0.15) is 25.1 Å². The standard InChI is InChI=1S/C19H32N4O2S/c1-16(2)3-5-22-7-6-21(14-17(22)4-10-24)15-18-13-20-19(26-18)23-8-11-25-12-9-23/h3,13,17,24H,4-12,14-15H2,1-2H3. The summed E-state index contributed by atoms with van der Waals surface area (Å²) in [5.74, 6) is 0. The van der Waals surface area contributed by atoms with Gasteiger partial charge in [0.25, 0.3) is 0 Å². The number of anilines is 1. The molecule has 1 aromatic heterocycles. The molecule has 2 aliphatic heterocycles. The van der Waals surface area contributed by atoms with Gasteiger partial charge in [0, 0.05) is 69.5 Å². The highest BCUT2D eigenvalue weighted by atomic mass is 32.1. The number of hydrogen-bond acceptors (Lipinski definition) is 7. The van der Waals surface area contributed by atoms with Crippen molar-refractivity contribution in [1.82, 2.24) is 14.8 Å². The van der Waals surface area contributed by atoms with Crippen LogP contribution < -0.4 is 4.90 Å². The molecule has 0 radical (unpaired) electrons. The maximum atomic E-state index is 9.45. The zero-order valence-electron chi connectivity index (χ0n) is 16.1. The second-order valence-electron chi connectivity index (χ2n) is 7.39. The van der Waals surface area contributed by atoms with Crippen LogP contribution in [-0.4, -0.2) is 85.0 Å². The van der Waals surface area contributed by atoms with Gasteiger partial charge in [-0.3, -0.25) is 9.80 Å². The van der Waals surface area contributed by atoms with Crippen LogP contribution in [0.5, 0.6) is 0 Å². The molecular formula is C19H32N4O2S. The van der Waals surface area contributed by atoms with Gasteiger partial charge in [-0.25, -0.2) is 4.98 Å². The lowest BCUT2D eigenvalue weighted by Gasteiger charge is -2.41. The Morgan fingerprint density at radius 1 is 1.31 bits per heavy atom. The van der Waals surface area contributed by atoms with E-state index in [-0.39, 0.29) is 6.61 Å². The highest BCUT2D eigenvalue weighted by molar-refractivity contribution is 7.15. The van der Waals surface area contributed by atoms with E-state index in [4.69, 9.17) is 4.74 Å². The molecule has 1 aromatic rings. The van der Waals surface area contributed by atoms with E-state index in [0.29, 0.717) is 6.04 Å². The third kappa shape index (κ3) is 5.50. The summed E-state index contributed by atoms with van der Waals surface area (Å²) in [4.78, 5) is 13.3. The molecule has 0 amide bonds. The second kappa shape index (κ2) is 9.80. The van der Waals surface area contributed by atoms with Crippen LogP contribution in [0.3, 0.4) is 0 Å². The fourth-order valence-electron chi connectivity index (χ4n) is 3.56. The molecule has 1 unspecified atom stereocenters. The predicted molar refractivity (Wildman–Crippen MR) is 107 cm³/mol. The number of piperazine rings is 1. The fraction of sp³-hybridized carbons (Fsp3) is 0.737. The molecule has 7 heteroatoms. The van der Waals surface area contributed by atoms with Crippen LogP contribution in [-0.2, 0) is 11.3 Å². The largest absolute Gasteiger partial charge is 0.396 e. The minimum Gasteiger partial charge on any atom is -0.396 e. The Morgan fingerprint density at radius 3 is 2.85 bits per heavy atom. The summed E-state index contributed by atoms with van der Waals surface area (Å²) in [5.41, 5.74) is 1.36. The van der Waals surface area contributed by atoms with Gasteiger partial charge in [0.1, 0.15) is 0 Å². The molecule has 26 heavy (non-hydrogen) atoms. The molecule has 0 saturated carbocycles. The topological polar surface area (TPSA) is 52.1 Å². The Kier molecular flexibility index (Phi) is 7.45. The number of aromatic nitrogens is 1.